The first-order chi connectivity index (χ1) is 8.56. The van der Waals surface area contributed by atoms with E-state index in [0.29, 0.717) is 5.75 Å². The van der Waals surface area contributed by atoms with Gasteiger partial charge in [0.15, 0.2) is 5.75 Å². The number of aryl methyl sites for hydroxylation is 1. The lowest BCUT2D eigenvalue weighted by atomic mass is 10.1. The normalized spacial score (nSPS) is 13.0. The van der Waals surface area contributed by atoms with Gasteiger partial charge in [-0.15, -0.1) is 0 Å². The molecule has 1 unspecified atom stereocenters. The fourth-order valence-electron chi connectivity index (χ4n) is 2.05. The number of methoxy groups -OCH3 is 1. The van der Waals surface area contributed by atoms with Crippen LogP contribution in [0.5, 0.6) is 5.75 Å². The van der Waals surface area contributed by atoms with Gasteiger partial charge in [-0.3, -0.25) is 9.36 Å². The highest BCUT2D eigenvalue weighted by atomic mass is 16.5. The maximum atomic E-state index is 6.32. The molecule has 18 heavy (non-hydrogen) atoms. The molecule has 0 aromatic carbocycles. The van der Waals surface area contributed by atoms with Crippen molar-refractivity contribution in [3.63, 3.8) is 0 Å². The minimum Gasteiger partial charge on any atom is -0.493 e. The van der Waals surface area contributed by atoms with Crippen LogP contribution in [0.2, 0.25) is 0 Å². The first-order valence-corrected chi connectivity index (χ1v) is 5.91. The summed E-state index contributed by atoms with van der Waals surface area (Å²) in [6, 6.07) is 1.82. The molecule has 6 heteroatoms. The number of nitrogens with zero attached hydrogens (tertiary/aromatic N) is 4. The molecule has 2 N–H and O–H groups in total. The monoisotopic (exact) mass is 249 g/mol. The summed E-state index contributed by atoms with van der Waals surface area (Å²) >= 11 is 0. The fraction of sp³-hybridized carbons (Fsp3) is 0.500. The number of hydrogen-bond donors (Lipinski definition) is 1. The zero-order chi connectivity index (χ0) is 13.3. The van der Waals surface area contributed by atoms with Crippen molar-refractivity contribution >= 4 is 0 Å². The van der Waals surface area contributed by atoms with Crippen LogP contribution in [0.1, 0.15) is 37.3 Å². The van der Waals surface area contributed by atoms with Crippen molar-refractivity contribution in [2.24, 2.45) is 12.8 Å². The molecule has 0 fully saturated rings. The highest BCUT2D eigenvalue weighted by Crippen LogP contribution is 2.29. The van der Waals surface area contributed by atoms with E-state index >= 15 is 0 Å². The van der Waals surface area contributed by atoms with Crippen LogP contribution in [-0.4, -0.2) is 26.7 Å². The Balaban J connectivity index is 2.49. The second kappa shape index (κ2) is 4.81. The largest absolute Gasteiger partial charge is 0.493 e. The van der Waals surface area contributed by atoms with E-state index in [-0.39, 0.29) is 12.1 Å². The predicted molar refractivity (Wildman–Crippen MR) is 68.4 cm³/mol. The van der Waals surface area contributed by atoms with E-state index in [2.05, 4.69) is 24.0 Å². The molecule has 2 aromatic rings. The molecule has 6 nitrogen and oxygen atoms in total. The van der Waals surface area contributed by atoms with Gasteiger partial charge >= 0.3 is 0 Å². The molecule has 0 aliphatic rings. The van der Waals surface area contributed by atoms with Crippen molar-refractivity contribution < 1.29 is 4.74 Å². The van der Waals surface area contributed by atoms with Crippen LogP contribution in [0.15, 0.2) is 18.5 Å². The molecule has 0 bridgehead atoms. The molecule has 98 valence electrons. The van der Waals surface area contributed by atoms with Gasteiger partial charge in [0.05, 0.1) is 25.0 Å². The molecule has 0 spiro atoms. The van der Waals surface area contributed by atoms with Crippen molar-refractivity contribution in [1.29, 1.82) is 0 Å². The van der Waals surface area contributed by atoms with Gasteiger partial charge in [-0.2, -0.15) is 10.2 Å². The lowest BCUT2D eigenvalue weighted by Crippen LogP contribution is -2.21. The Hall–Kier alpha value is -1.82. The van der Waals surface area contributed by atoms with E-state index in [1.54, 1.807) is 24.2 Å². The zero-order valence-electron chi connectivity index (χ0n) is 11.2. The van der Waals surface area contributed by atoms with Crippen molar-refractivity contribution in [2.75, 3.05) is 7.11 Å². The summed E-state index contributed by atoms with van der Waals surface area (Å²) in [7, 11) is 3.50. The van der Waals surface area contributed by atoms with Gasteiger partial charge in [0.25, 0.3) is 0 Å². The van der Waals surface area contributed by atoms with Crippen LogP contribution in [0.25, 0.3) is 0 Å². The molecule has 0 saturated carbocycles. The summed E-state index contributed by atoms with van der Waals surface area (Å²) in [5.41, 5.74) is 8.12. The van der Waals surface area contributed by atoms with Crippen molar-refractivity contribution in [3.05, 3.63) is 29.8 Å². The van der Waals surface area contributed by atoms with Crippen molar-refractivity contribution in [3.8, 4) is 5.75 Å². The smallest absolute Gasteiger partial charge is 0.161 e. The number of ether oxygens (including phenoxy) is 1. The van der Waals surface area contributed by atoms with Gasteiger partial charge in [-0.1, -0.05) is 0 Å². The minimum absolute atomic E-state index is 0.225. The van der Waals surface area contributed by atoms with Gasteiger partial charge in [-0.25, -0.2) is 0 Å². The van der Waals surface area contributed by atoms with E-state index in [0.717, 1.165) is 11.4 Å². The number of rotatable bonds is 4. The number of nitrogens with two attached hydrogens (primary N) is 1. The van der Waals surface area contributed by atoms with E-state index in [1.165, 1.54) is 0 Å². The third-order valence-electron chi connectivity index (χ3n) is 2.98. The molecule has 0 radical (unpaired) electrons. The highest BCUT2D eigenvalue weighted by molar-refractivity contribution is 5.33. The summed E-state index contributed by atoms with van der Waals surface area (Å²) < 4.78 is 8.99. The van der Waals surface area contributed by atoms with Gasteiger partial charge in [0.2, 0.25) is 0 Å². The Labute approximate surface area is 106 Å². The van der Waals surface area contributed by atoms with Crippen LogP contribution in [-0.2, 0) is 7.05 Å². The van der Waals surface area contributed by atoms with Crippen LogP contribution < -0.4 is 10.5 Å². The number of aromatic nitrogens is 4. The molecule has 0 aliphatic carbocycles. The topological polar surface area (TPSA) is 70.9 Å². The molecule has 0 aliphatic heterocycles. The van der Waals surface area contributed by atoms with E-state index < -0.39 is 0 Å². The van der Waals surface area contributed by atoms with Crippen LogP contribution >= 0.6 is 0 Å². The molecule has 2 rings (SSSR count). The summed E-state index contributed by atoms with van der Waals surface area (Å²) in [6.07, 6.45) is 3.43. The molecule has 2 heterocycles. The molecule has 0 saturated heterocycles. The van der Waals surface area contributed by atoms with E-state index in [9.17, 15) is 0 Å². The molecular formula is C12H19N5O. The lowest BCUT2D eigenvalue weighted by molar-refractivity contribution is 0.399. The number of hydrogen-bond acceptors (Lipinski definition) is 4. The van der Waals surface area contributed by atoms with Crippen LogP contribution in [0, 0.1) is 0 Å². The molecule has 2 aromatic heterocycles. The first kappa shape index (κ1) is 12.6. The van der Waals surface area contributed by atoms with E-state index in [1.807, 2.05) is 17.8 Å². The summed E-state index contributed by atoms with van der Waals surface area (Å²) in [4.78, 5) is 0. The van der Waals surface area contributed by atoms with Gasteiger partial charge in [0.1, 0.15) is 5.69 Å². The SMILES string of the molecule is COc1cnn(C(C)C)c1C(N)c1ccnn1C. The maximum Gasteiger partial charge on any atom is 0.161 e. The fourth-order valence-corrected chi connectivity index (χ4v) is 2.05. The van der Waals surface area contributed by atoms with Gasteiger partial charge < -0.3 is 10.5 Å². The quantitative estimate of drug-likeness (QED) is 0.885. The molecule has 1 atom stereocenters. The van der Waals surface area contributed by atoms with Crippen molar-refractivity contribution in [2.45, 2.75) is 25.9 Å². The standard InChI is InChI=1S/C12H19N5O/c1-8(2)17-12(10(18-4)7-15-17)11(13)9-5-6-14-16(9)3/h5-8,11H,13H2,1-4H3. The first-order valence-electron chi connectivity index (χ1n) is 5.91. The predicted octanol–water partition coefficient (Wildman–Crippen LogP) is 1.25. The van der Waals surface area contributed by atoms with E-state index in [4.69, 9.17) is 10.5 Å². The summed E-state index contributed by atoms with van der Waals surface area (Å²) in [6.45, 7) is 4.12. The summed E-state index contributed by atoms with van der Waals surface area (Å²) in [5, 5.41) is 8.47. The molecule has 0 amide bonds. The lowest BCUT2D eigenvalue weighted by Gasteiger charge is -2.18. The Kier molecular flexibility index (Phi) is 3.38. The Bertz CT molecular complexity index is 528. The Morgan fingerprint density at radius 3 is 2.56 bits per heavy atom. The maximum absolute atomic E-state index is 6.32. The van der Waals surface area contributed by atoms with Crippen molar-refractivity contribution in [1.82, 2.24) is 19.6 Å². The average Bonchev–Trinajstić information content (AvgIpc) is 2.93. The Morgan fingerprint density at radius 1 is 1.33 bits per heavy atom. The second-order valence-electron chi connectivity index (χ2n) is 4.49. The second-order valence-corrected chi connectivity index (χ2v) is 4.49. The third-order valence-corrected chi connectivity index (χ3v) is 2.98. The average molecular weight is 249 g/mol. The Morgan fingerprint density at radius 2 is 2.06 bits per heavy atom. The van der Waals surface area contributed by atoms with Gasteiger partial charge in [-0.05, 0) is 19.9 Å². The highest BCUT2D eigenvalue weighted by Gasteiger charge is 2.23. The van der Waals surface area contributed by atoms with Crippen LogP contribution in [0.4, 0.5) is 0 Å². The zero-order valence-corrected chi connectivity index (χ0v) is 11.2. The minimum atomic E-state index is -0.308. The molecular weight excluding hydrogens is 230 g/mol. The van der Waals surface area contributed by atoms with Crippen LogP contribution in [0.3, 0.4) is 0 Å². The summed E-state index contributed by atoms with van der Waals surface area (Å²) in [5.74, 6) is 0.706. The van der Waals surface area contributed by atoms with Gasteiger partial charge in [0, 0.05) is 19.3 Å². The third kappa shape index (κ3) is 1.99.